The number of ether oxygens (including phenoxy) is 1. The van der Waals surface area contributed by atoms with E-state index >= 15 is 0 Å². The molecule has 1 aromatic carbocycles. The Hall–Kier alpha value is -2.01. The van der Waals surface area contributed by atoms with E-state index < -0.39 is 5.91 Å². The van der Waals surface area contributed by atoms with Crippen molar-refractivity contribution in [3.8, 4) is 5.75 Å². The van der Waals surface area contributed by atoms with E-state index in [0.29, 0.717) is 11.0 Å². The fourth-order valence-electron chi connectivity index (χ4n) is 2.42. The Bertz CT molecular complexity index is 766. The van der Waals surface area contributed by atoms with Crippen LogP contribution in [0.5, 0.6) is 5.75 Å². The highest BCUT2D eigenvalue weighted by atomic mass is 35.5. The van der Waals surface area contributed by atoms with Crippen molar-refractivity contribution in [3.05, 3.63) is 38.7 Å². The third-order valence-corrected chi connectivity index (χ3v) is 3.62. The lowest BCUT2D eigenvalue weighted by atomic mass is 10.1. The molecule has 2 aromatic rings. The van der Waals surface area contributed by atoms with Crippen LogP contribution in [-0.2, 0) is 17.6 Å². The molecule has 0 fully saturated rings. The molecule has 2 N–H and O–H groups in total. The third-order valence-electron chi connectivity index (χ3n) is 3.32. The molecule has 6 heteroatoms. The molecule has 0 atom stereocenters. The number of fused-ring (bicyclic) bond motifs is 2. The predicted molar refractivity (Wildman–Crippen MR) is 74.2 cm³/mol. The van der Waals surface area contributed by atoms with Gasteiger partial charge in [-0.05, 0) is 18.9 Å². The maximum atomic E-state index is 12.3. The van der Waals surface area contributed by atoms with Gasteiger partial charge in [0, 0.05) is 18.1 Å². The van der Waals surface area contributed by atoms with Crippen molar-refractivity contribution in [2.45, 2.75) is 19.3 Å². The summed E-state index contributed by atoms with van der Waals surface area (Å²) in [6, 6.07) is 3.04. The van der Waals surface area contributed by atoms with Gasteiger partial charge in [-0.1, -0.05) is 11.6 Å². The van der Waals surface area contributed by atoms with Gasteiger partial charge in [0.25, 0.3) is 5.91 Å². The number of benzene rings is 1. The Morgan fingerprint density at radius 2 is 2.20 bits per heavy atom. The van der Waals surface area contributed by atoms with Crippen LogP contribution in [-0.4, -0.2) is 12.5 Å². The maximum Gasteiger partial charge on any atom is 0.255 e. The number of primary amides is 1. The van der Waals surface area contributed by atoms with E-state index in [0.717, 1.165) is 30.6 Å². The van der Waals surface area contributed by atoms with E-state index in [9.17, 15) is 9.59 Å². The van der Waals surface area contributed by atoms with Crippen LogP contribution >= 0.6 is 11.6 Å². The van der Waals surface area contributed by atoms with Gasteiger partial charge in [-0.2, -0.15) is 0 Å². The van der Waals surface area contributed by atoms with Crippen molar-refractivity contribution in [1.29, 1.82) is 0 Å². The number of nitrogens with two attached hydrogens (primary N) is 1. The van der Waals surface area contributed by atoms with Crippen molar-refractivity contribution in [2.24, 2.45) is 5.73 Å². The van der Waals surface area contributed by atoms with Gasteiger partial charge < -0.3 is 14.9 Å². The molecule has 0 saturated heterocycles. The average molecular weight is 294 g/mol. The molecular formula is C14H12ClNO4. The minimum absolute atomic E-state index is 0.0397. The molecule has 0 aliphatic heterocycles. The summed E-state index contributed by atoms with van der Waals surface area (Å²) in [7, 11) is 0. The van der Waals surface area contributed by atoms with Gasteiger partial charge in [0.05, 0.1) is 10.4 Å². The average Bonchev–Trinajstić information content (AvgIpc) is 2.86. The van der Waals surface area contributed by atoms with Crippen molar-refractivity contribution in [1.82, 2.24) is 0 Å². The molecule has 1 heterocycles. The fraction of sp³-hybridized carbons (Fsp3) is 0.286. The summed E-state index contributed by atoms with van der Waals surface area (Å²) >= 11 is 6.05. The minimum Gasteiger partial charge on any atom is -0.482 e. The van der Waals surface area contributed by atoms with E-state index in [2.05, 4.69) is 0 Å². The van der Waals surface area contributed by atoms with Crippen LogP contribution < -0.4 is 15.9 Å². The van der Waals surface area contributed by atoms with E-state index in [-0.39, 0.29) is 22.8 Å². The van der Waals surface area contributed by atoms with Crippen molar-refractivity contribution in [2.75, 3.05) is 6.61 Å². The molecule has 1 amide bonds. The second-order valence-corrected chi connectivity index (χ2v) is 5.13. The summed E-state index contributed by atoms with van der Waals surface area (Å²) in [5.74, 6) is 0.404. The van der Waals surface area contributed by atoms with Crippen LogP contribution in [0.2, 0.25) is 5.02 Å². The topological polar surface area (TPSA) is 82.5 Å². The van der Waals surface area contributed by atoms with Gasteiger partial charge >= 0.3 is 0 Å². The molecule has 1 aliphatic carbocycles. The SMILES string of the molecule is NC(=O)COc1cc2oc3c(c(=O)c2cc1Cl)CCC3. The van der Waals surface area contributed by atoms with Crippen LogP contribution in [0.3, 0.4) is 0 Å². The number of rotatable bonds is 3. The first-order valence-electron chi connectivity index (χ1n) is 6.25. The van der Waals surface area contributed by atoms with Gasteiger partial charge in [-0.15, -0.1) is 0 Å². The van der Waals surface area contributed by atoms with Crippen molar-refractivity contribution < 1.29 is 13.9 Å². The normalized spacial score (nSPS) is 13.4. The van der Waals surface area contributed by atoms with Gasteiger partial charge in [0.1, 0.15) is 17.1 Å². The zero-order chi connectivity index (χ0) is 14.3. The Labute approximate surface area is 119 Å². The lowest BCUT2D eigenvalue weighted by molar-refractivity contribution is -0.119. The highest BCUT2D eigenvalue weighted by molar-refractivity contribution is 6.32. The molecule has 1 aliphatic rings. The molecule has 0 spiro atoms. The van der Waals surface area contributed by atoms with Crippen molar-refractivity contribution in [3.63, 3.8) is 0 Å². The number of hydrogen-bond donors (Lipinski definition) is 1. The molecule has 20 heavy (non-hydrogen) atoms. The van der Waals surface area contributed by atoms with Crippen LogP contribution in [0, 0.1) is 0 Å². The second kappa shape index (κ2) is 4.83. The van der Waals surface area contributed by atoms with Gasteiger partial charge in [0.15, 0.2) is 12.0 Å². The Kier molecular flexibility index (Phi) is 3.14. The molecule has 1 aromatic heterocycles. The first kappa shape index (κ1) is 13.0. The standard InChI is InChI=1S/C14H12ClNO4/c15-9-4-8-11(5-12(9)19-6-13(16)17)20-10-3-1-2-7(10)14(8)18/h4-5H,1-3,6H2,(H2,16,17). The number of halogens is 1. The minimum atomic E-state index is -0.600. The molecule has 0 radical (unpaired) electrons. The first-order valence-corrected chi connectivity index (χ1v) is 6.63. The zero-order valence-corrected chi connectivity index (χ0v) is 11.3. The molecule has 0 unspecified atom stereocenters. The highest BCUT2D eigenvalue weighted by Gasteiger charge is 2.20. The lowest BCUT2D eigenvalue weighted by Gasteiger charge is -2.08. The van der Waals surface area contributed by atoms with E-state index in [1.165, 1.54) is 12.1 Å². The molecule has 104 valence electrons. The summed E-state index contributed by atoms with van der Waals surface area (Å²) in [6.45, 7) is -0.277. The summed E-state index contributed by atoms with van der Waals surface area (Å²) in [4.78, 5) is 23.1. The van der Waals surface area contributed by atoms with E-state index in [1.54, 1.807) is 0 Å². The lowest BCUT2D eigenvalue weighted by Crippen LogP contribution is -2.20. The Morgan fingerprint density at radius 3 is 2.95 bits per heavy atom. The molecular weight excluding hydrogens is 282 g/mol. The van der Waals surface area contributed by atoms with Crippen LogP contribution in [0.25, 0.3) is 11.0 Å². The van der Waals surface area contributed by atoms with Gasteiger partial charge in [-0.25, -0.2) is 0 Å². The molecule has 5 nitrogen and oxygen atoms in total. The number of carbonyl (C=O) groups is 1. The third kappa shape index (κ3) is 2.14. The van der Waals surface area contributed by atoms with E-state index in [1.807, 2.05) is 0 Å². The summed E-state index contributed by atoms with van der Waals surface area (Å²) < 4.78 is 10.9. The smallest absolute Gasteiger partial charge is 0.255 e. The number of carbonyl (C=O) groups excluding carboxylic acids is 1. The first-order chi connectivity index (χ1) is 9.56. The Morgan fingerprint density at radius 1 is 1.40 bits per heavy atom. The fourth-order valence-corrected chi connectivity index (χ4v) is 2.64. The number of hydrogen-bond acceptors (Lipinski definition) is 4. The van der Waals surface area contributed by atoms with E-state index in [4.69, 9.17) is 26.5 Å². The number of amides is 1. The maximum absolute atomic E-state index is 12.3. The second-order valence-electron chi connectivity index (χ2n) is 4.72. The van der Waals surface area contributed by atoms with Gasteiger partial charge in [-0.3, -0.25) is 9.59 Å². The monoisotopic (exact) mass is 293 g/mol. The quantitative estimate of drug-likeness (QED) is 0.935. The summed E-state index contributed by atoms with van der Waals surface area (Å²) in [5, 5.41) is 0.686. The number of aryl methyl sites for hydroxylation is 1. The summed E-state index contributed by atoms with van der Waals surface area (Å²) in [6.07, 6.45) is 2.43. The molecule has 0 saturated carbocycles. The van der Waals surface area contributed by atoms with Crippen molar-refractivity contribution >= 4 is 28.5 Å². The molecule has 0 bridgehead atoms. The van der Waals surface area contributed by atoms with Crippen LogP contribution in [0.15, 0.2) is 21.3 Å². The summed E-state index contributed by atoms with van der Waals surface area (Å²) in [5.41, 5.74) is 6.13. The van der Waals surface area contributed by atoms with Gasteiger partial charge in [0.2, 0.25) is 0 Å². The van der Waals surface area contributed by atoms with Crippen LogP contribution in [0.4, 0.5) is 0 Å². The Balaban J connectivity index is 2.13. The zero-order valence-electron chi connectivity index (χ0n) is 10.6. The largest absolute Gasteiger partial charge is 0.482 e. The highest BCUT2D eigenvalue weighted by Crippen LogP contribution is 2.31. The molecule has 3 rings (SSSR count). The predicted octanol–water partition coefficient (Wildman–Crippen LogP) is 1.80. The van der Waals surface area contributed by atoms with Crippen LogP contribution in [0.1, 0.15) is 17.7 Å².